The van der Waals surface area contributed by atoms with E-state index in [1.165, 1.54) is 16.4 Å². The summed E-state index contributed by atoms with van der Waals surface area (Å²) in [6, 6.07) is 8.13. The van der Waals surface area contributed by atoms with Crippen molar-refractivity contribution in [3.63, 3.8) is 0 Å². The van der Waals surface area contributed by atoms with Gasteiger partial charge in [0.15, 0.2) is 0 Å². The second kappa shape index (κ2) is 8.43. The van der Waals surface area contributed by atoms with Gasteiger partial charge in [-0.1, -0.05) is 13.0 Å². The summed E-state index contributed by atoms with van der Waals surface area (Å²) in [4.78, 5) is 14.0. The normalized spacial score (nSPS) is 17.6. The van der Waals surface area contributed by atoms with Crippen molar-refractivity contribution in [3.8, 4) is 6.07 Å². The van der Waals surface area contributed by atoms with Gasteiger partial charge in [-0.2, -0.15) is 9.57 Å². The quantitative estimate of drug-likeness (QED) is 0.805. The van der Waals surface area contributed by atoms with Crippen molar-refractivity contribution in [2.75, 3.05) is 32.7 Å². The summed E-state index contributed by atoms with van der Waals surface area (Å²) in [7, 11) is -3.61. The number of hydrogen-bond acceptors (Lipinski definition) is 5. The highest BCUT2D eigenvalue weighted by Crippen LogP contribution is 2.18. The molecule has 2 rings (SSSR count). The molecule has 1 heterocycles. The van der Waals surface area contributed by atoms with E-state index in [2.05, 4.69) is 5.32 Å². The lowest BCUT2D eigenvalue weighted by Crippen LogP contribution is -2.51. The van der Waals surface area contributed by atoms with Crippen LogP contribution in [0, 0.1) is 11.3 Å². The van der Waals surface area contributed by atoms with Crippen LogP contribution in [0.5, 0.6) is 0 Å². The first-order valence-electron chi connectivity index (χ1n) is 8.39. The van der Waals surface area contributed by atoms with Gasteiger partial charge in [0.2, 0.25) is 15.9 Å². The fraction of sp³-hybridized carbons (Fsp3) is 0.529. The van der Waals surface area contributed by atoms with Gasteiger partial charge in [0.1, 0.15) is 0 Å². The van der Waals surface area contributed by atoms with Gasteiger partial charge < -0.3 is 5.32 Å². The molecule has 1 aromatic rings. The van der Waals surface area contributed by atoms with Crippen LogP contribution >= 0.6 is 0 Å². The standard InChI is InChI=1S/C17H24N4O3S/c1-3-14(2)19-17(22)13-20-7-9-21(10-8-20)25(23,24)16-6-4-5-15(11-16)12-18/h4-6,11,14H,3,7-10,13H2,1-2H3,(H,19,22)/t14-/m1/s1. The molecule has 1 atom stereocenters. The highest BCUT2D eigenvalue weighted by atomic mass is 32.2. The number of piperazine rings is 1. The Kier molecular flexibility index (Phi) is 6.53. The molecule has 0 unspecified atom stereocenters. The number of nitrogens with one attached hydrogen (secondary N) is 1. The van der Waals surface area contributed by atoms with E-state index in [0.717, 1.165) is 6.42 Å². The second-order valence-corrected chi connectivity index (χ2v) is 8.13. The molecule has 25 heavy (non-hydrogen) atoms. The fourth-order valence-electron chi connectivity index (χ4n) is 2.63. The largest absolute Gasteiger partial charge is 0.353 e. The lowest BCUT2D eigenvalue weighted by atomic mass is 10.2. The monoisotopic (exact) mass is 364 g/mol. The average molecular weight is 364 g/mol. The number of nitriles is 1. The number of carbonyl (C=O) groups is 1. The first-order chi connectivity index (χ1) is 11.9. The van der Waals surface area contributed by atoms with Crippen molar-refractivity contribution in [2.24, 2.45) is 0 Å². The van der Waals surface area contributed by atoms with Crippen LogP contribution in [0.15, 0.2) is 29.2 Å². The van der Waals surface area contributed by atoms with Gasteiger partial charge in [-0.15, -0.1) is 0 Å². The van der Waals surface area contributed by atoms with Crippen LogP contribution in [-0.2, 0) is 14.8 Å². The van der Waals surface area contributed by atoms with Gasteiger partial charge in [0.25, 0.3) is 0 Å². The van der Waals surface area contributed by atoms with Gasteiger partial charge in [-0.25, -0.2) is 8.42 Å². The van der Waals surface area contributed by atoms with Crippen molar-refractivity contribution < 1.29 is 13.2 Å². The number of carbonyl (C=O) groups excluding carboxylic acids is 1. The molecule has 1 fully saturated rings. The molecule has 1 saturated heterocycles. The summed E-state index contributed by atoms with van der Waals surface area (Å²) < 4.78 is 26.8. The third kappa shape index (κ3) is 5.01. The molecule has 0 aromatic heterocycles. The van der Waals surface area contributed by atoms with E-state index in [9.17, 15) is 13.2 Å². The Morgan fingerprint density at radius 2 is 2.00 bits per heavy atom. The molecule has 1 amide bonds. The van der Waals surface area contributed by atoms with Crippen molar-refractivity contribution in [1.82, 2.24) is 14.5 Å². The van der Waals surface area contributed by atoms with Crippen LogP contribution in [0.2, 0.25) is 0 Å². The third-order valence-corrected chi connectivity index (χ3v) is 6.21. The van der Waals surface area contributed by atoms with Crippen molar-refractivity contribution >= 4 is 15.9 Å². The SMILES string of the molecule is CC[C@@H](C)NC(=O)CN1CCN(S(=O)(=O)c2cccc(C#N)c2)CC1. The van der Waals surface area contributed by atoms with E-state index >= 15 is 0 Å². The first kappa shape index (κ1) is 19.4. The van der Waals surface area contributed by atoms with Gasteiger partial charge in [0.05, 0.1) is 23.1 Å². The molecule has 1 aliphatic rings. The van der Waals surface area contributed by atoms with Crippen LogP contribution in [-0.4, -0.2) is 62.3 Å². The zero-order chi connectivity index (χ0) is 18.4. The Bertz CT molecular complexity index is 749. The van der Waals surface area contributed by atoms with E-state index in [1.54, 1.807) is 12.1 Å². The average Bonchev–Trinajstić information content (AvgIpc) is 2.62. The summed E-state index contributed by atoms with van der Waals surface area (Å²) in [6.45, 7) is 5.91. The van der Waals surface area contributed by atoms with Crippen molar-refractivity contribution in [2.45, 2.75) is 31.2 Å². The molecular weight excluding hydrogens is 340 g/mol. The molecule has 1 aliphatic heterocycles. The number of hydrogen-bond donors (Lipinski definition) is 1. The number of rotatable bonds is 6. The molecule has 0 bridgehead atoms. The van der Waals surface area contributed by atoms with Gasteiger partial charge >= 0.3 is 0 Å². The predicted molar refractivity (Wildman–Crippen MR) is 94.3 cm³/mol. The van der Waals surface area contributed by atoms with E-state index < -0.39 is 10.0 Å². The van der Waals surface area contributed by atoms with Crippen molar-refractivity contribution in [3.05, 3.63) is 29.8 Å². The summed E-state index contributed by atoms with van der Waals surface area (Å²) >= 11 is 0. The highest BCUT2D eigenvalue weighted by molar-refractivity contribution is 7.89. The van der Waals surface area contributed by atoms with E-state index in [-0.39, 0.29) is 23.4 Å². The second-order valence-electron chi connectivity index (χ2n) is 6.20. The molecule has 1 N–H and O–H groups in total. The summed E-state index contributed by atoms with van der Waals surface area (Å²) in [5.74, 6) is -0.0348. The zero-order valence-corrected chi connectivity index (χ0v) is 15.4. The molecule has 1 aromatic carbocycles. The van der Waals surface area contributed by atoms with Crippen molar-refractivity contribution in [1.29, 1.82) is 5.26 Å². The molecule has 0 spiro atoms. The van der Waals surface area contributed by atoms with E-state index in [1.807, 2.05) is 24.8 Å². The lowest BCUT2D eigenvalue weighted by molar-refractivity contribution is -0.123. The third-order valence-electron chi connectivity index (χ3n) is 4.32. The molecule has 0 aliphatic carbocycles. The smallest absolute Gasteiger partial charge is 0.243 e. The maximum Gasteiger partial charge on any atom is 0.243 e. The van der Waals surface area contributed by atoms with Crippen LogP contribution in [0.3, 0.4) is 0 Å². The summed E-state index contributed by atoms with van der Waals surface area (Å²) in [5, 5.41) is 11.8. The number of amides is 1. The van der Waals surface area contributed by atoms with Gasteiger partial charge in [-0.3, -0.25) is 9.69 Å². The highest BCUT2D eigenvalue weighted by Gasteiger charge is 2.29. The Labute approximate surface area is 149 Å². The number of nitrogens with zero attached hydrogens (tertiary/aromatic N) is 3. The minimum Gasteiger partial charge on any atom is -0.353 e. The van der Waals surface area contributed by atoms with Crippen LogP contribution in [0.1, 0.15) is 25.8 Å². The molecule has 7 nitrogen and oxygen atoms in total. The maximum absolute atomic E-state index is 12.7. The molecule has 0 radical (unpaired) electrons. The van der Waals surface area contributed by atoms with Crippen LogP contribution in [0.4, 0.5) is 0 Å². The molecule has 136 valence electrons. The maximum atomic E-state index is 12.7. The van der Waals surface area contributed by atoms with Gasteiger partial charge in [0, 0.05) is 32.2 Å². The number of benzene rings is 1. The first-order valence-corrected chi connectivity index (χ1v) is 9.83. The topological polar surface area (TPSA) is 93.5 Å². The molecule has 8 heteroatoms. The fourth-order valence-corrected chi connectivity index (χ4v) is 4.10. The van der Waals surface area contributed by atoms with Crippen LogP contribution in [0.25, 0.3) is 0 Å². The van der Waals surface area contributed by atoms with Crippen LogP contribution < -0.4 is 5.32 Å². The Morgan fingerprint density at radius 1 is 1.32 bits per heavy atom. The molecular formula is C17H24N4O3S. The minimum atomic E-state index is -3.61. The summed E-state index contributed by atoms with van der Waals surface area (Å²) in [6.07, 6.45) is 0.875. The summed E-state index contributed by atoms with van der Waals surface area (Å²) in [5.41, 5.74) is 0.321. The Hall–Kier alpha value is -1.95. The lowest BCUT2D eigenvalue weighted by Gasteiger charge is -2.33. The Morgan fingerprint density at radius 3 is 2.60 bits per heavy atom. The minimum absolute atomic E-state index is 0.0348. The number of sulfonamides is 1. The van der Waals surface area contributed by atoms with E-state index in [0.29, 0.717) is 31.7 Å². The zero-order valence-electron chi connectivity index (χ0n) is 14.6. The predicted octanol–water partition coefficient (Wildman–Crippen LogP) is 0.779. The Balaban J connectivity index is 1.95. The van der Waals surface area contributed by atoms with E-state index in [4.69, 9.17) is 5.26 Å². The van der Waals surface area contributed by atoms with Gasteiger partial charge in [-0.05, 0) is 31.5 Å². The molecule has 0 saturated carbocycles.